The first-order valence-corrected chi connectivity index (χ1v) is 20.2. The Morgan fingerprint density at radius 1 is 0.448 bits per heavy atom. The van der Waals surface area contributed by atoms with Crippen molar-refractivity contribution in [1.82, 2.24) is 10.6 Å². The highest BCUT2D eigenvalue weighted by atomic mass is 15.2. The van der Waals surface area contributed by atoms with Crippen LogP contribution in [0.4, 0.5) is 11.4 Å². The number of hydrogen-bond acceptors (Lipinski definition) is 4. The van der Waals surface area contributed by atoms with Gasteiger partial charge in [0.05, 0.1) is 12.1 Å². The van der Waals surface area contributed by atoms with E-state index in [-0.39, 0.29) is 18.2 Å². The van der Waals surface area contributed by atoms with Crippen molar-refractivity contribution < 1.29 is 0 Å². The average Bonchev–Trinajstić information content (AvgIpc) is 3.29. The molecule has 0 fully saturated rings. The lowest BCUT2D eigenvalue weighted by Crippen LogP contribution is -2.37. The molecular formula is C54H42N4. The molecule has 0 aromatic heterocycles. The highest BCUT2D eigenvalue weighted by Crippen LogP contribution is 2.43. The second-order valence-corrected chi connectivity index (χ2v) is 15.5. The zero-order chi connectivity index (χ0) is 38.6. The number of benzene rings is 10. The lowest BCUT2D eigenvalue weighted by atomic mass is 9.87. The maximum absolute atomic E-state index is 6.77. The van der Waals surface area contributed by atoms with E-state index in [9.17, 15) is 0 Å². The zero-order valence-electron chi connectivity index (χ0n) is 32.0. The fourth-order valence-corrected chi connectivity index (χ4v) is 9.57. The van der Waals surface area contributed by atoms with Crippen LogP contribution in [0, 0.1) is 0 Å². The molecule has 0 bridgehead atoms. The van der Waals surface area contributed by atoms with Crippen molar-refractivity contribution >= 4 is 65.2 Å². The third-order valence-electron chi connectivity index (χ3n) is 12.3. The molecule has 278 valence electrons. The van der Waals surface area contributed by atoms with Gasteiger partial charge in [0.2, 0.25) is 0 Å². The van der Waals surface area contributed by atoms with Crippen molar-refractivity contribution in [3.05, 3.63) is 228 Å². The summed E-state index contributed by atoms with van der Waals surface area (Å²) in [5.74, 6) is 0. The number of rotatable bonds is 7. The van der Waals surface area contributed by atoms with Gasteiger partial charge in [0, 0.05) is 17.9 Å². The van der Waals surface area contributed by atoms with Crippen molar-refractivity contribution in [2.24, 2.45) is 0 Å². The Balaban J connectivity index is 0.994. The predicted molar refractivity (Wildman–Crippen MR) is 244 cm³/mol. The van der Waals surface area contributed by atoms with E-state index in [1.54, 1.807) is 0 Å². The van der Waals surface area contributed by atoms with Crippen LogP contribution in [0.2, 0.25) is 0 Å². The van der Waals surface area contributed by atoms with E-state index in [1.807, 2.05) is 12.1 Å². The molecule has 0 radical (unpaired) electrons. The molecule has 0 aliphatic carbocycles. The van der Waals surface area contributed by atoms with Gasteiger partial charge in [0.1, 0.15) is 6.17 Å². The van der Waals surface area contributed by atoms with Gasteiger partial charge in [-0.15, -0.1) is 0 Å². The number of nitrogens with one attached hydrogen (secondary N) is 3. The van der Waals surface area contributed by atoms with Crippen LogP contribution in [-0.4, -0.2) is 0 Å². The number of fused-ring (bicyclic) bond motifs is 8. The van der Waals surface area contributed by atoms with Crippen LogP contribution in [-0.2, 0) is 6.54 Å². The van der Waals surface area contributed by atoms with Gasteiger partial charge >= 0.3 is 0 Å². The summed E-state index contributed by atoms with van der Waals surface area (Å²) < 4.78 is 0. The molecule has 0 saturated carbocycles. The Morgan fingerprint density at radius 2 is 1.00 bits per heavy atom. The smallest absolute Gasteiger partial charge is 0.105 e. The maximum atomic E-state index is 6.77. The third-order valence-corrected chi connectivity index (χ3v) is 12.3. The van der Waals surface area contributed by atoms with E-state index in [2.05, 4.69) is 198 Å². The molecule has 3 atom stereocenters. The first-order chi connectivity index (χ1) is 28.7. The number of nitrogens with two attached hydrogens (primary N) is 1. The summed E-state index contributed by atoms with van der Waals surface area (Å²) in [4.78, 5) is 0. The van der Waals surface area contributed by atoms with Crippen molar-refractivity contribution in [1.29, 1.82) is 0 Å². The monoisotopic (exact) mass is 746 g/mol. The number of para-hydroxylation sites is 2. The lowest BCUT2D eigenvalue weighted by molar-refractivity contribution is 0.511. The largest absolute Gasteiger partial charge is 0.398 e. The maximum Gasteiger partial charge on any atom is 0.105 e. The van der Waals surface area contributed by atoms with E-state index in [4.69, 9.17) is 5.73 Å². The highest BCUT2D eigenvalue weighted by Gasteiger charge is 2.30. The fourth-order valence-electron chi connectivity index (χ4n) is 9.57. The Morgan fingerprint density at radius 3 is 1.74 bits per heavy atom. The molecule has 0 saturated heterocycles. The Hall–Kier alpha value is -6.98. The predicted octanol–water partition coefficient (Wildman–Crippen LogP) is 12.7. The van der Waals surface area contributed by atoms with Crippen molar-refractivity contribution in [3.63, 3.8) is 0 Å². The molecule has 0 spiro atoms. The molecule has 3 unspecified atom stereocenters. The first-order valence-electron chi connectivity index (χ1n) is 20.2. The van der Waals surface area contributed by atoms with Crippen molar-refractivity contribution in [2.45, 2.75) is 24.8 Å². The molecule has 4 nitrogen and oxygen atoms in total. The Labute approximate surface area is 338 Å². The SMILES string of the molecule is Nc1ccccc1C(NCc1ccc(C2Nc3ccccc3C(c3cc4ccccc4c4ccccc34)N2)c2ccccc12)c1cc2ccccc2c2ccccc12. The van der Waals surface area contributed by atoms with E-state index >= 15 is 0 Å². The highest BCUT2D eigenvalue weighted by molar-refractivity contribution is 6.10. The minimum absolute atomic E-state index is 0.0223. The Bertz CT molecular complexity index is 3190. The summed E-state index contributed by atoms with van der Waals surface area (Å²) in [6, 6.07) is 70.0. The molecule has 11 rings (SSSR count). The standard InChI is InChI=1S/C54H42N4/c55-50-27-13-11-25-46(50)52(48-31-34-15-1-3-17-37(34)40-20-7-9-23-43(40)48)56-33-36-29-30-45(42-22-6-5-19-39(36)42)54-57-51-28-14-12-26-47(51)53(58-54)49-32-35-16-2-4-18-38(35)41-21-8-10-24-44(41)49/h1-32,52-54,56-58H,33,55H2. The van der Waals surface area contributed by atoms with Gasteiger partial charge in [0.15, 0.2) is 0 Å². The van der Waals surface area contributed by atoms with E-state index in [0.29, 0.717) is 6.54 Å². The quantitative estimate of drug-likeness (QED) is 0.0969. The minimum Gasteiger partial charge on any atom is -0.398 e. The van der Waals surface area contributed by atoms with Crippen LogP contribution in [0.5, 0.6) is 0 Å². The van der Waals surface area contributed by atoms with Gasteiger partial charge in [-0.05, 0) is 112 Å². The molecular weight excluding hydrogens is 705 g/mol. The van der Waals surface area contributed by atoms with Gasteiger partial charge in [-0.2, -0.15) is 0 Å². The normalized spacial score (nSPS) is 15.8. The lowest BCUT2D eigenvalue weighted by Gasteiger charge is -2.36. The zero-order valence-corrected chi connectivity index (χ0v) is 32.0. The fraction of sp³-hybridized carbons (Fsp3) is 0.0741. The number of nitrogen functional groups attached to an aromatic ring is 1. The average molecular weight is 747 g/mol. The van der Waals surface area contributed by atoms with Crippen LogP contribution in [0.3, 0.4) is 0 Å². The van der Waals surface area contributed by atoms with E-state index < -0.39 is 0 Å². The third kappa shape index (κ3) is 5.77. The molecule has 10 aromatic carbocycles. The topological polar surface area (TPSA) is 62.1 Å². The second kappa shape index (κ2) is 14.2. The molecule has 58 heavy (non-hydrogen) atoms. The summed E-state index contributed by atoms with van der Waals surface area (Å²) in [7, 11) is 0. The molecule has 5 N–H and O–H groups in total. The second-order valence-electron chi connectivity index (χ2n) is 15.5. The van der Waals surface area contributed by atoms with Crippen LogP contribution >= 0.6 is 0 Å². The van der Waals surface area contributed by atoms with Crippen LogP contribution in [0.15, 0.2) is 194 Å². The van der Waals surface area contributed by atoms with Crippen LogP contribution in [0.25, 0.3) is 53.9 Å². The summed E-state index contributed by atoms with van der Waals surface area (Å²) >= 11 is 0. The van der Waals surface area contributed by atoms with E-state index in [0.717, 1.165) is 16.9 Å². The van der Waals surface area contributed by atoms with Gasteiger partial charge in [-0.25, -0.2) is 0 Å². The minimum atomic E-state index is -0.134. The summed E-state index contributed by atoms with van der Waals surface area (Å²) in [6.07, 6.45) is -0.127. The summed E-state index contributed by atoms with van der Waals surface area (Å²) in [5, 5.41) is 24.5. The number of anilines is 2. The van der Waals surface area contributed by atoms with Crippen LogP contribution < -0.4 is 21.7 Å². The molecule has 1 aliphatic heterocycles. The molecule has 0 amide bonds. The molecule has 10 aromatic rings. The Kier molecular flexibility index (Phi) is 8.39. The van der Waals surface area contributed by atoms with Crippen molar-refractivity contribution in [3.8, 4) is 0 Å². The van der Waals surface area contributed by atoms with Gasteiger partial charge in [0.25, 0.3) is 0 Å². The number of hydrogen-bond donors (Lipinski definition) is 4. The van der Waals surface area contributed by atoms with Crippen LogP contribution in [0.1, 0.15) is 51.6 Å². The summed E-state index contributed by atoms with van der Waals surface area (Å²) in [5.41, 5.74) is 16.0. The van der Waals surface area contributed by atoms with Gasteiger partial charge in [-0.1, -0.05) is 170 Å². The molecule has 1 heterocycles. The first kappa shape index (κ1) is 34.3. The summed E-state index contributed by atoms with van der Waals surface area (Å²) in [6.45, 7) is 0.654. The van der Waals surface area contributed by atoms with Gasteiger partial charge in [-0.3, -0.25) is 5.32 Å². The molecule has 4 heteroatoms. The van der Waals surface area contributed by atoms with Crippen molar-refractivity contribution in [2.75, 3.05) is 11.1 Å². The van der Waals surface area contributed by atoms with E-state index in [1.165, 1.54) is 81.7 Å². The van der Waals surface area contributed by atoms with Gasteiger partial charge < -0.3 is 16.4 Å². The molecule has 1 aliphatic rings.